The van der Waals surface area contributed by atoms with Crippen molar-refractivity contribution in [3.05, 3.63) is 35.3 Å². The van der Waals surface area contributed by atoms with Crippen LogP contribution in [0.15, 0.2) is 16.9 Å². The smallest absolute Gasteiger partial charge is 0.276 e. The van der Waals surface area contributed by atoms with E-state index in [-0.39, 0.29) is 11.7 Å². The SMILES string of the molecule is CS(=O)(=O)CC(O)c1cc2n(n1)CCN(C(=O)c1ncoc1C1CC1)C2. The second-order valence-corrected chi connectivity index (χ2v) is 9.14. The zero-order valence-corrected chi connectivity index (χ0v) is 15.1. The summed E-state index contributed by atoms with van der Waals surface area (Å²) >= 11 is 0. The Kier molecular flexibility index (Phi) is 4.11. The van der Waals surface area contributed by atoms with Crippen molar-refractivity contribution in [3.8, 4) is 0 Å². The van der Waals surface area contributed by atoms with Crippen molar-refractivity contribution in [3.63, 3.8) is 0 Å². The molecule has 0 bridgehead atoms. The van der Waals surface area contributed by atoms with Gasteiger partial charge in [0.1, 0.15) is 21.7 Å². The van der Waals surface area contributed by atoms with Gasteiger partial charge in [0, 0.05) is 18.7 Å². The summed E-state index contributed by atoms with van der Waals surface area (Å²) in [6, 6.07) is 1.65. The molecule has 10 heteroatoms. The average molecular weight is 380 g/mol. The number of carbonyl (C=O) groups is 1. The van der Waals surface area contributed by atoms with Gasteiger partial charge < -0.3 is 14.4 Å². The molecule has 1 fully saturated rings. The van der Waals surface area contributed by atoms with Crippen LogP contribution >= 0.6 is 0 Å². The molecule has 0 radical (unpaired) electrons. The molecule has 0 spiro atoms. The molecule has 1 aliphatic carbocycles. The molecule has 1 N–H and O–H groups in total. The largest absolute Gasteiger partial charge is 0.447 e. The molecule has 4 rings (SSSR count). The first kappa shape index (κ1) is 17.2. The zero-order valence-electron chi connectivity index (χ0n) is 14.3. The highest BCUT2D eigenvalue weighted by Gasteiger charge is 2.35. The van der Waals surface area contributed by atoms with Gasteiger partial charge in [0.25, 0.3) is 5.91 Å². The lowest BCUT2D eigenvalue weighted by molar-refractivity contribution is 0.0698. The molecule has 1 saturated carbocycles. The molecule has 1 aliphatic heterocycles. The fourth-order valence-electron chi connectivity index (χ4n) is 3.20. The van der Waals surface area contributed by atoms with Gasteiger partial charge >= 0.3 is 0 Å². The van der Waals surface area contributed by atoms with Gasteiger partial charge in [-0.25, -0.2) is 13.4 Å². The minimum absolute atomic E-state index is 0.175. The van der Waals surface area contributed by atoms with Gasteiger partial charge in [0.15, 0.2) is 12.1 Å². The number of aliphatic hydroxyl groups is 1. The molecule has 2 aromatic rings. The van der Waals surface area contributed by atoms with E-state index in [2.05, 4.69) is 10.1 Å². The van der Waals surface area contributed by atoms with E-state index >= 15 is 0 Å². The number of hydrogen-bond donors (Lipinski definition) is 1. The highest BCUT2D eigenvalue weighted by Crippen LogP contribution is 2.41. The fraction of sp³-hybridized carbons (Fsp3) is 0.562. The van der Waals surface area contributed by atoms with Crippen molar-refractivity contribution in [1.29, 1.82) is 0 Å². The highest BCUT2D eigenvalue weighted by atomic mass is 32.2. The van der Waals surface area contributed by atoms with Crippen LogP contribution in [0.1, 0.15) is 52.5 Å². The van der Waals surface area contributed by atoms with Crippen LogP contribution < -0.4 is 0 Å². The number of aromatic nitrogens is 3. The van der Waals surface area contributed by atoms with Gasteiger partial charge in [-0.2, -0.15) is 5.10 Å². The monoisotopic (exact) mass is 380 g/mol. The van der Waals surface area contributed by atoms with Crippen molar-refractivity contribution >= 4 is 15.7 Å². The topological polar surface area (TPSA) is 119 Å². The van der Waals surface area contributed by atoms with Crippen LogP contribution in [0.5, 0.6) is 0 Å². The molecule has 140 valence electrons. The second kappa shape index (κ2) is 6.20. The first-order valence-electron chi connectivity index (χ1n) is 8.47. The molecular formula is C16H20N4O5S. The van der Waals surface area contributed by atoms with Gasteiger partial charge in [0.05, 0.1) is 30.2 Å². The first-order chi connectivity index (χ1) is 12.3. The molecule has 1 atom stereocenters. The number of amides is 1. The summed E-state index contributed by atoms with van der Waals surface area (Å²) < 4.78 is 29.8. The Bertz CT molecular complexity index is 944. The van der Waals surface area contributed by atoms with E-state index in [4.69, 9.17) is 4.42 Å². The molecule has 2 aliphatic rings. The summed E-state index contributed by atoms with van der Waals surface area (Å²) in [6.45, 7) is 1.27. The first-order valence-corrected chi connectivity index (χ1v) is 10.5. The van der Waals surface area contributed by atoms with Crippen molar-refractivity contribution < 1.29 is 22.7 Å². The van der Waals surface area contributed by atoms with Gasteiger partial charge in [0.2, 0.25) is 0 Å². The van der Waals surface area contributed by atoms with Crippen molar-refractivity contribution in [2.75, 3.05) is 18.6 Å². The van der Waals surface area contributed by atoms with Crippen molar-refractivity contribution in [2.24, 2.45) is 0 Å². The summed E-state index contributed by atoms with van der Waals surface area (Å²) in [4.78, 5) is 18.6. The Morgan fingerprint density at radius 2 is 2.19 bits per heavy atom. The Labute approximate surface area is 150 Å². The van der Waals surface area contributed by atoms with E-state index in [0.717, 1.165) is 24.8 Å². The van der Waals surface area contributed by atoms with Crippen LogP contribution in [0.3, 0.4) is 0 Å². The van der Waals surface area contributed by atoms with Crippen LogP contribution in [-0.4, -0.2) is 57.6 Å². The number of hydrogen-bond acceptors (Lipinski definition) is 7. The molecule has 0 aromatic carbocycles. The van der Waals surface area contributed by atoms with Crippen LogP contribution in [-0.2, 0) is 22.9 Å². The van der Waals surface area contributed by atoms with E-state index in [0.29, 0.717) is 42.7 Å². The van der Waals surface area contributed by atoms with Crippen LogP contribution in [0.4, 0.5) is 0 Å². The van der Waals surface area contributed by atoms with Crippen LogP contribution in [0, 0.1) is 0 Å². The lowest BCUT2D eigenvalue weighted by atomic mass is 10.2. The molecule has 1 amide bonds. The maximum atomic E-state index is 12.8. The van der Waals surface area contributed by atoms with E-state index in [9.17, 15) is 18.3 Å². The summed E-state index contributed by atoms with van der Waals surface area (Å²) in [7, 11) is -3.32. The quantitative estimate of drug-likeness (QED) is 0.801. The Morgan fingerprint density at radius 1 is 1.42 bits per heavy atom. The third kappa shape index (κ3) is 3.38. The number of carbonyl (C=O) groups excluding carboxylic acids is 1. The van der Waals surface area contributed by atoms with E-state index < -0.39 is 15.9 Å². The fourth-order valence-corrected chi connectivity index (χ4v) is 3.94. The van der Waals surface area contributed by atoms with Gasteiger partial charge in [-0.05, 0) is 18.9 Å². The lowest BCUT2D eigenvalue weighted by Crippen LogP contribution is -2.38. The summed E-state index contributed by atoms with van der Waals surface area (Å²) in [5.74, 6) is 0.407. The lowest BCUT2D eigenvalue weighted by Gasteiger charge is -2.27. The number of sulfone groups is 1. The van der Waals surface area contributed by atoms with Crippen LogP contribution in [0.2, 0.25) is 0 Å². The Hall–Kier alpha value is -2.20. The normalized spacial score (nSPS) is 18.6. The standard InChI is InChI=1S/C16H20N4O5S/c1-26(23,24)8-13(21)12-6-11-7-19(4-5-20(11)18-12)16(22)14-15(10-2-3-10)25-9-17-14/h6,9-10,13,21H,2-5,7-8H2,1H3. The second-order valence-electron chi connectivity index (χ2n) is 6.96. The van der Waals surface area contributed by atoms with Crippen LogP contribution in [0.25, 0.3) is 0 Å². The molecular weight excluding hydrogens is 360 g/mol. The zero-order chi connectivity index (χ0) is 18.5. The summed E-state index contributed by atoms with van der Waals surface area (Å²) in [6.07, 6.45) is 3.24. The molecule has 3 heterocycles. The third-order valence-corrected chi connectivity index (χ3v) is 5.57. The van der Waals surface area contributed by atoms with E-state index in [1.807, 2.05) is 0 Å². The maximum Gasteiger partial charge on any atom is 0.276 e. The number of aliphatic hydroxyl groups excluding tert-OH is 1. The molecule has 9 nitrogen and oxygen atoms in total. The predicted molar refractivity (Wildman–Crippen MR) is 90.1 cm³/mol. The molecule has 1 unspecified atom stereocenters. The average Bonchev–Trinajstić information content (AvgIpc) is 3.14. The minimum atomic E-state index is -3.32. The van der Waals surface area contributed by atoms with Crippen molar-refractivity contribution in [2.45, 2.75) is 38.0 Å². The number of oxazole rings is 1. The highest BCUT2D eigenvalue weighted by molar-refractivity contribution is 7.90. The summed E-state index contributed by atoms with van der Waals surface area (Å²) in [5.41, 5.74) is 1.43. The van der Waals surface area contributed by atoms with Gasteiger partial charge in [-0.3, -0.25) is 9.48 Å². The Balaban J connectivity index is 1.51. The number of rotatable bonds is 5. The predicted octanol–water partition coefficient (Wildman–Crippen LogP) is 0.482. The number of fused-ring (bicyclic) bond motifs is 1. The maximum absolute atomic E-state index is 12.8. The van der Waals surface area contributed by atoms with Gasteiger partial charge in [-0.1, -0.05) is 0 Å². The van der Waals surface area contributed by atoms with Crippen molar-refractivity contribution in [1.82, 2.24) is 19.7 Å². The third-order valence-electron chi connectivity index (χ3n) is 4.65. The molecule has 2 aromatic heterocycles. The van der Waals surface area contributed by atoms with Gasteiger partial charge in [-0.15, -0.1) is 0 Å². The minimum Gasteiger partial charge on any atom is -0.447 e. The van der Waals surface area contributed by atoms with E-state index in [1.54, 1.807) is 15.6 Å². The number of nitrogens with zero attached hydrogens (tertiary/aromatic N) is 4. The van der Waals surface area contributed by atoms with E-state index in [1.165, 1.54) is 6.39 Å². The molecule has 0 saturated heterocycles. The Morgan fingerprint density at radius 3 is 2.88 bits per heavy atom. The molecule has 26 heavy (non-hydrogen) atoms. The summed E-state index contributed by atoms with van der Waals surface area (Å²) in [5, 5.41) is 14.4.